The fourth-order valence-electron chi connectivity index (χ4n) is 1.85. The molecule has 0 saturated carbocycles. The number of nitrogens with zero attached hydrogens (tertiary/aromatic N) is 2. The van der Waals surface area contributed by atoms with Gasteiger partial charge < -0.3 is 0 Å². The summed E-state index contributed by atoms with van der Waals surface area (Å²) in [5.74, 6) is -2.57. The number of Topliss-reactive ketones (excluding diaryl/α,β-unsaturated/α-hetero) is 1. The third kappa shape index (κ3) is 1.35. The first-order valence-electron chi connectivity index (χ1n) is 4.79. The van der Waals surface area contributed by atoms with E-state index < -0.39 is 28.6 Å². The van der Waals surface area contributed by atoms with E-state index in [1.165, 1.54) is 0 Å². The molecular formula is C13H4F2N2O. The van der Waals surface area contributed by atoms with Crippen LogP contribution >= 0.6 is 0 Å². The highest BCUT2D eigenvalue weighted by molar-refractivity contribution is 6.27. The summed E-state index contributed by atoms with van der Waals surface area (Å²) in [5.41, 5.74) is -1.76. The van der Waals surface area contributed by atoms with Crippen LogP contribution in [0.1, 0.15) is 15.9 Å². The van der Waals surface area contributed by atoms with Crippen LogP contribution in [0.2, 0.25) is 0 Å². The molecule has 0 saturated heterocycles. The Morgan fingerprint density at radius 2 is 1.61 bits per heavy atom. The summed E-state index contributed by atoms with van der Waals surface area (Å²) in [5, 5.41) is 17.6. The van der Waals surface area contributed by atoms with Gasteiger partial charge in [-0.05, 0) is 12.1 Å². The number of nitriles is 2. The van der Waals surface area contributed by atoms with Crippen LogP contribution in [-0.2, 0) is 0 Å². The van der Waals surface area contributed by atoms with E-state index in [9.17, 15) is 13.6 Å². The van der Waals surface area contributed by atoms with Gasteiger partial charge in [0.2, 0.25) is 0 Å². The molecule has 3 nitrogen and oxygen atoms in total. The molecule has 0 aliphatic heterocycles. The van der Waals surface area contributed by atoms with Gasteiger partial charge in [-0.25, -0.2) is 8.78 Å². The number of fused-ring (bicyclic) bond motifs is 1. The van der Waals surface area contributed by atoms with Crippen molar-refractivity contribution >= 4 is 11.4 Å². The maximum atomic E-state index is 13.7. The van der Waals surface area contributed by atoms with Gasteiger partial charge in [0.1, 0.15) is 29.3 Å². The van der Waals surface area contributed by atoms with Gasteiger partial charge in [0.15, 0.2) is 5.78 Å². The number of benzene rings is 1. The average Bonchev–Trinajstić information content (AvgIpc) is 2.62. The number of allylic oxidation sites excluding steroid dienone is 3. The van der Waals surface area contributed by atoms with Crippen molar-refractivity contribution in [1.82, 2.24) is 0 Å². The molecule has 0 spiro atoms. The van der Waals surface area contributed by atoms with Crippen molar-refractivity contribution in [2.45, 2.75) is 0 Å². The molecule has 0 heterocycles. The van der Waals surface area contributed by atoms with Crippen molar-refractivity contribution in [2.75, 3.05) is 0 Å². The lowest BCUT2D eigenvalue weighted by atomic mass is 10.0. The van der Waals surface area contributed by atoms with Gasteiger partial charge in [0, 0.05) is 16.7 Å². The second kappa shape index (κ2) is 3.90. The fraction of sp³-hybridized carbons (Fsp3) is 0. The minimum Gasteiger partial charge on any atom is -0.288 e. The molecule has 1 aliphatic rings. The van der Waals surface area contributed by atoms with Crippen LogP contribution in [0.5, 0.6) is 0 Å². The number of carbonyl (C=O) groups is 1. The van der Waals surface area contributed by atoms with Gasteiger partial charge in [-0.15, -0.1) is 0 Å². The normalized spacial score (nSPS) is 13.0. The molecule has 0 aromatic heterocycles. The Bertz CT molecular complexity index is 702. The van der Waals surface area contributed by atoms with E-state index >= 15 is 0 Å². The number of ketones is 1. The number of rotatable bonds is 0. The summed E-state index contributed by atoms with van der Waals surface area (Å²) in [6.07, 6.45) is 0. The van der Waals surface area contributed by atoms with E-state index in [-0.39, 0.29) is 16.7 Å². The van der Waals surface area contributed by atoms with Gasteiger partial charge in [0.25, 0.3) is 0 Å². The highest BCUT2D eigenvalue weighted by atomic mass is 19.1. The molecule has 0 amide bonds. The molecule has 86 valence electrons. The summed E-state index contributed by atoms with van der Waals surface area (Å²) >= 11 is 0. The Kier molecular flexibility index (Phi) is 2.53. The zero-order valence-electron chi connectivity index (χ0n) is 8.92. The van der Waals surface area contributed by atoms with Crippen molar-refractivity contribution in [3.05, 3.63) is 52.6 Å². The Morgan fingerprint density at radius 1 is 1.11 bits per heavy atom. The Labute approximate surface area is 101 Å². The molecule has 0 bridgehead atoms. The van der Waals surface area contributed by atoms with Crippen molar-refractivity contribution in [1.29, 1.82) is 10.5 Å². The molecular weight excluding hydrogens is 238 g/mol. The largest absolute Gasteiger partial charge is 0.288 e. The first kappa shape index (κ1) is 11.7. The summed E-state index contributed by atoms with van der Waals surface area (Å²) in [4.78, 5) is 11.8. The quantitative estimate of drug-likeness (QED) is 0.518. The van der Waals surface area contributed by atoms with Crippen LogP contribution in [0.3, 0.4) is 0 Å². The van der Waals surface area contributed by atoms with E-state index in [0.29, 0.717) is 0 Å². The molecule has 1 aromatic carbocycles. The van der Waals surface area contributed by atoms with Crippen molar-refractivity contribution < 1.29 is 13.6 Å². The summed E-state index contributed by atoms with van der Waals surface area (Å²) in [6, 6.07) is 4.76. The third-order valence-corrected chi connectivity index (χ3v) is 2.63. The molecule has 2 rings (SSSR count). The summed E-state index contributed by atoms with van der Waals surface area (Å²) in [6.45, 7) is 3.39. The first-order chi connectivity index (χ1) is 8.52. The topological polar surface area (TPSA) is 64.7 Å². The van der Waals surface area contributed by atoms with Gasteiger partial charge in [-0.1, -0.05) is 6.58 Å². The highest BCUT2D eigenvalue weighted by Crippen LogP contribution is 2.40. The molecule has 0 fully saturated rings. The number of carbonyl (C=O) groups excluding carboxylic acids is 1. The lowest BCUT2D eigenvalue weighted by Gasteiger charge is -2.02. The standard InChI is InChI=1S/C13H4F2N2O/c1-6-10(7(4-16)5-17)11-8(14)2-3-9(15)12(11)13(6)18/h2-3H,1H2. The number of hydrogen-bond donors (Lipinski definition) is 0. The second-order valence-corrected chi connectivity index (χ2v) is 3.56. The highest BCUT2D eigenvalue weighted by Gasteiger charge is 2.36. The van der Waals surface area contributed by atoms with E-state index in [1.54, 1.807) is 12.1 Å². The zero-order valence-corrected chi connectivity index (χ0v) is 8.92. The first-order valence-corrected chi connectivity index (χ1v) is 4.79. The lowest BCUT2D eigenvalue weighted by Crippen LogP contribution is -1.98. The van der Waals surface area contributed by atoms with E-state index in [1.807, 2.05) is 0 Å². The van der Waals surface area contributed by atoms with Gasteiger partial charge >= 0.3 is 0 Å². The average molecular weight is 242 g/mol. The molecule has 1 aromatic rings. The predicted molar refractivity (Wildman–Crippen MR) is 58.0 cm³/mol. The summed E-state index contributed by atoms with van der Waals surface area (Å²) < 4.78 is 27.2. The second-order valence-electron chi connectivity index (χ2n) is 3.56. The monoisotopic (exact) mass is 242 g/mol. The molecule has 0 N–H and O–H groups in total. The minimum atomic E-state index is -0.900. The molecule has 18 heavy (non-hydrogen) atoms. The molecule has 5 heteroatoms. The van der Waals surface area contributed by atoms with Crippen LogP contribution in [0.15, 0.2) is 29.9 Å². The third-order valence-electron chi connectivity index (χ3n) is 2.63. The Balaban J connectivity index is 2.97. The van der Waals surface area contributed by atoms with Crippen molar-refractivity contribution in [2.24, 2.45) is 0 Å². The van der Waals surface area contributed by atoms with Gasteiger partial charge in [-0.3, -0.25) is 4.79 Å². The maximum absolute atomic E-state index is 13.7. The minimum absolute atomic E-state index is 0.225. The van der Waals surface area contributed by atoms with E-state index in [0.717, 1.165) is 12.1 Å². The fourth-order valence-corrected chi connectivity index (χ4v) is 1.85. The van der Waals surface area contributed by atoms with Crippen molar-refractivity contribution in [3.8, 4) is 12.1 Å². The van der Waals surface area contributed by atoms with Crippen molar-refractivity contribution in [3.63, 3.8) is 0 Å². The lowest BCUT2D eigenvalue weighted by molar-refractivity contribution is 0.104. The predicted octanol–water partition coefficient (Wildman–Crippen LogP) is 2.52. The molecule has 0 atom stereocenters. The molecule has 0 unspecified atom stereocenters. The van der Waals surface area contributed by atoms with Crippen LogP contribution < -0.4 is 0 Å². The van der Waals surface area contributed by atoms with Gasteiger partial charge in [0.05, 0.1) is 5.56 Å². The Morgan fingerprint density at radius 3 is 2.11 bits per heavy atom. The Hall–Kier alpha value is -2.79. The van der Waals surface area contributed by atoms with Gasteiger partial charge in [-0.2, -0.15) is 10.5 Å². The number of hydrogen-bond acceptors (Lipinski definition) is 3. The zero-order chi connectivity index (χ0) is 13.4. The smallest absolute Gasteiger partial charge is 0.196 e. The van der Waals surface area contributed by atoms with Crippen LogP contribution in [-0.4, -0.2) is 5.78 Å². The molecule has 0 radical (unpaired) electrons. The van der Waals surface area contributed by atoms with E-state index in [4.69, 9.17) is 10.5 Å². The maximum Gasteiger partial charge on any atom is 0.196 e. The van der Waals surface area contributed by atoms with E-state index in [2.05, 4.69) is 6.58 Å². The SMILES string of the molecule is C=C1C(=O)c2c(F)ccc(F)c2C1=C(C#N)C#N. The summed E-state index contributed by atoms with van der Waals surface area (Å²) in [7, 11) is 0. The molecule has 1 aliphatic carbocycles. The van der Waals surface area contributed by atoms with Crippen LogP contribution in [0.25, 0.3) is 5.57 Å². The van der Waals surface area contributed by atoms with Crippen LogP contribution in [0, 0.1) is 34.3 Å². The van der Waals surface area contributed by atoms with Crippen LogP contribution in [0.4, 0.5) is 8.78 Å². The number of halogens is 2.